The van der Waals surface area contributed by atoms with Crippen molar-refractivity contribution in [3.63, 3.8) is 0 Å². The fraction of sp³-hybridized carbons (Fsp3) is 0.211. The topological polar surface area (TPSA) is 48.7 Å². The first-order valence-corrected chi connectivity index (χ1v) is 7.55. The average molecular weight is 310 g/mol. The minimum Gasteiger partial charge on any atom is -0.493 e. The van der Waals surface area contributed by atoms with Crippen LogP contribution in [0.15, 0.2) is 57.7 Å². The Kier molecular flexibility index (Phi) is 4.33. The number of fused-ring (bicyclic) bond motifs is 1. The molecule has 0 radical (unpaired) electrons. The smallest absolute Gasteiger partial charge is 0.336 e. The van der Waals surface area contributed by atoms with Crippen LogP contribution >= 0.6 is 0 Å². The lowest BCUT2D eigenvalue weighted by Gasteiger charge is -2.11. The Morgan fingerprint density at radius 1 is 1.04 bits per heavy atom. The van der Waals surface area contributed by atoms with E-state index in [4.69, 9.17) is 13.9 Å². The Labute approximate surface area is 134 Å². The molecule has 118 valence electrons. The van der Waals surface area contributed by atoms with E-state index in [2.05, 4.69) is 0 Å². The van der Waals surface area contributed by atoms with E-state index in [-0.39, 0.29) is 5.63 Å². The van der Waals surface area contributed by atoms with Crippen molar-refractivity contribution in [2.24, 2.45) is 0 Å². The molecule has 1 heterocycles. The number of ether oxygens (including phenoxy) is 2. The summed E-state index contributed by atoms with van der Waals surface area (Å²) in [6.45, 7) is 4.83. The summed E-state index contributed by atoms with van der Waals surface area (Å²) in [4.78, 5) is 11.5. The van der Waals surface area contributed by atoms with Crippen LogP contribution in [-0.4, -0.2) is 6.61 Å². The molecule has 2 aromatic carbocycles. The summed E-state index contributed by atoms with van der Waals surface area (Å²) in [6.07, 6.45) is 0. The molecule has 0 saturated heterocycles. The zero-order valence-electron chi connectivity index (χ0n) is 13.2. The van der Waals surface area contributed by atoms with Crippen molar-refractivity contribution in [1.29, 1.82) is 0 Å². The van der Waals surface area contributed by atoms with Gasteiger partial charge in [-0.2, -0.15) is 0 Å². The lowest BCUT2D eigenvalue weighted by atomic mass is 10.1. The second kappa shape index (κ2) is 6.57. The molecule has 0 unspecified atom stereocenters. The highest BCUT2D eigenvalue weighted by atomic mass is 16.5. The van der Waals surface area contributed by atoms with E-state index in [1.807, 2.05) is 50.2 Å². The standard InChI is InChI=1S/C19H18O4/c1-3-21-17-7-5-4-6-14(17)12-22-15-8-9-16-13(2)10-19(20)23-18(16)11-15/h4-11H,3,12H2,1-2H3. The van der Waals surface area contributed by atoms with Gasteiger partial charge in [0.1, 0.15) is 23.7 Å². The van der Waals surface area contributed by atoms with Crippen molar-refractivity contribution < 1.29 is 13.9 Å². The highest BCUT2D eigenvalue weighted by molar-refractivity contribution is 5.81. The normalized spacial score (nSPS) is 10.7. The van der Waals surface area contributed by atoms with Gasteiger partial charge in [-0.1, -0.05) is 18.2 Å². The molecule has 1 aromatic heterocycles. The first-order valence-electron chi connectivity index (χ1n) is 7.55. The number of para-hydroxylation sites is 1. The van der Waals surface area contributed by atoms with E-state index in [1.54, 1.807) is 6.07 Å². The minimum absolute atomic E-state index is 0.353. The second-order valence-electron chi connectivity index (χ2n) is 5.24. The fourth-order valence-corrected chi connectivity index (χ4v) is 2.48. The molecule has 0 fully saturated rings. The van der Waals surface area contributed by atoms with Crippen molar-refractivity contribution in [3.8, 4) is 11.5 Å². The van der Waals surface area contributed by atoms with Crippen molar-refractivity contribution in [2.75, 3.05) is 6.61 Å². The van der Waals surface area contributed by atoms with Crippen LogP contribution in [0, 0.1) is 6.92 Å². The van der Waals surface area contributed by atoms with Gasteiger partial charge >= 0.3 is 5.63 Å². The van der Waals surface area contributed by atoms with Crippen molar-refractivity contribution in [1.82, 2.24) is 0 Å². The Balaban J connectivity index is 1.84. The molecule has 0 aliphatic carbocycles. The summed E-state index contributed by atoms with van der Waals surface area (Å²) in [5.41, 5.74) is 2.05. The highest BCUT2D eigenvalue weighted by Crippen LogP contribution is 2.24. The predicted molar refractivity (Wildman–Crippen MR) is 89.2 cm³/mol. The van der Waals surface area contributed by atoms with Gasteiger partial charge in [0, 0.05) is 23.1 Å². The molecule has 0 bridgehead atoms. The molecule has 0 N–H and O–H groups in total. The summed E-state index contributed by atoms with van der Waals surface area (Å²) in [6, 6.07) is 14.8. The quantitative estimate of drug-likeness (QED) is 0.666. The Morgan fingerprint density at radius 3 is 2.70 bits per heavy atom. The van der Waals surface area contributed by atoms with E-state index in [0.29, 0.717) is 24.5 Å². The van der Waals surface area contributed by atoms with E-state index in [0.717, 1.165) is 22.3 Å². The van der Waals surface area contributed by atoms with Crippen LogP contribution < -0.4 is 15.1 Å². The Hall–Kier alpha value is -2.75. The predicted octanol–water partition coefficient (Wildman–Crippen LogP) is 4.08. The molecular formula is C19H18O4. The SMILES string of the molecule is CCOc1ccccc1COc1ccc2c(C)cc(=O)oc2c1. The van der Waals surface area contributed by atoms with Crippen LogP contribution in [0.25, 0.3) is 11.0 Å². The molecule has 3 aromatic rings. The molecule has 0 aliphatic rings. The summed E-state index contributed by atoms with van der Waals surface area (Å²) >= 11 is 0. The van der Waals surface area contributed by atoms with Gasteiger partial charge in [-0.05, 0) is 37.6 Å². The van der Waals surface area contributed by atoms with Crippen LogP contribution in [0.2, 0.25) is 0 Å². The summed E-state index contributed by atoms with van der Waals surface area (Å²) < 4.78 is 16.6. The van der Waals surface area contributed by atoms with Crippen LogP contribution in [0.5, 0.6) is 11.5 Å². The maximum absolute atomic E-state index is 11.5. The van der Waals surface area contributed by atoms with Gasteiger partial charge in [0.25, 0.3) is 0 Å². The summed E-state index contributed by atoms with van der Waals surface area (Å²) in [7, 11) is 0. The van der Waals surface area contributed by atoms with E-state index in [1.165, 1.54) is 6.07 Å². The number of aryl methyl sites for hydroxylation is 1. The second-order valence-corrected chi connectivity index (χ2v) is 5.24. The number of hydrogen-bond acceptors (Lipinski definition) is 4. The molecular weight excluding hydrogens is 292 g/mol. The molecule has 4 nitrogen and oxygen atoms in total. The Morgan fingerprint density at radius 2 is 1.87 bits per heavy atom. The van der Waals surface area contributed by atoms with Crippen LogP contribution in [0.4, 0.5) is 0 Å². The number of rotatable bonds is 5. The first kappa shape index (κ1) is 15.2. The third-order valence-electron chi connectivity index (χ3n) is 3.59. The summed E-state index contributed by atoms with van der Waals surface area (Å²) in [5, 5.41) is 0.909. The lowest BCUT2D eigenvalue weighted by molar-refractivity contribution is 0.286. The van der Waals surface area contributed by atoms with Crippen molar-refractivity contribution in [3.05, 3.63) is 70.1 Å². The van der Waals surface area contributed by atoms with Gasteiger partial charge in [-0.15, -0.1) is 0 Å². The van der Waals surface area contributed by atoms with Crippen LogP contribution in [-0.2, 0) is 6.61 Å². The third kappa shape index (κ3) is 3.37. The van der Waals surface area contributed by atoms with Crippen molar-refractivity contribution >= 4 is 11.0 Å². The maximum atomic E-state index is 11.5. The monoisotopic (exact) mass is 310 g/mol. The van der Waals surface area contributed by atoms with Crippen LogP contribution in [0.1, 0.15) is 18.1 Å². The minimum atomic E-state index is -0.353. The Bertz CT molecular complexity index is 880. The van der Waals surface area contributed by atoms with Gasteiger partial charge in [-0.3, -0.25) is 0 Å². The molecule has 23 heavy (non-hydrogen) atoms. The molecule has 0 spiro atoms. The fourth-order valence-electron chi connectivity index (χ4n) is 2.48. The largest absolute Gasteiger partial charge is 0.493 e. The molecule has 0 atom stereocenters. The van der Waals surface area contributed by atoms with Gasteiger partial charge in [-0.25, -0.2) is 4.79 Å². The van der Waals surface area contributed by atoms with Gasteiger partial charge < -0.3 is 13.9 Å². The van der Waals surface area contributed by atoms with E-state index in [9.17, 15) is 4.79 Å². The molecule has 3 rings (SSSR count). The highest BCUT2D eigenvalue weighted by Gasteiger charge is 2.06. The zero-order chi connectivity index (χ0) is 16.2. The molecule has 0 aliphatic heterocycles. The van der Waals surface area contributed by atoms with Gasteiger partial charge in [0.15, 0.2) is 0 Å². The lowest BCUT2D eigenvalue weighted by Crippen LogP contribution is -2.01. The average Bonchev–Trinajstić information content (AvgIpc) is 2.54. The zero-order valence-corrected chi connectivity index (χ0v) is 13.2. The van der Waals surface area contributed by atoms with E-state index < -0.39 is 0 Å². The van der Waals surface area contributed by atoms with Crippen LogP contribution in [0.3, 0.4) is 0 Å². The molecule has 0 amide bonds. The first-order chi connectivity index (χ1) is 11.2. The molecule has 0 saturated carbocycles. The van der Waals surface area contributed by atoms with Gasteiger partial charge in [0.2, 0.25) is 0 Å². The maximum Gasteiger partial charge on any atom is 0.336 e. The third-order valence-corrected chi connectivity index (χ3v) is 3.59. The summed E-state index contributed by atoms with van der Waals surface area (Å²) in [5.74, 6) is 1.47. The number of benzene rings is 2. The van der Waals surface area contributed by atoms with Gasteiger partial charge in [0.05, 0.1) is 6.61 Å². The van der Waals surface area contributed by atoms with E-state index >= 15 is 0 Å². The number of hydrogen-bond donors (Lipinski definition) is 0. The molecule has 4 heteroatoms. The van der Waals surface area contributed by atoms with Crippen molar-refractivity contribution in [2.45, 2.75) is 20.5 Å².